The first kappa shape index (κ1) is 14.1. The second-order valence-corrected chi connectivity index (χ2v) is 4.68. The molecule has 4 nitrogen and oxygen atoms in total. The van der Waals surface area contributed by atoms with Gasteiger partial charge in [0.15, 0.2) is 0 Å². The third-order valence-electron chi connectivity index (χ3n) is 3.22. The Bertz CT molecular complexity index is 603. The van der Waals surface area contributed by atoms with Crippen LogP contribution in [0, 0.1) is 0 Å². The first-order valence-corrected chi connectivity index (χ1v) is 6.69. The Labute approximate surface area is 120 Å². The smallest absolute Gasteiger partial charge is 0.226 e. The highest BCUT2D eigenvalue weighted by atomic mass is 15.2. The number of rotatable bonds is 7. The molecule has 2 rings (SSSR count). The standard InChI is InChI=1S/C16H22N4/c1-5-8-18-12-11-17(4)15(18)16-19(9-6-2)13-14-20(16)10-7-3/h5-7,11-14H,1-3,8-10H2,4H3/q+2. The van der Waals surface area contributed by atoms with Gasteiger partial charge < -0.3 is 0 Å². The van der Waals surface area contributed by atoms with Crippen molar-refractivity contribution in [2.45, 2.75) is 19.6 Å². The van der Waals surface area contributed by atoms with Gasteiger partial charge in [0.25, 0.3) is 0 Å². The average Bonchev–Trinajstić information content (AvgIpc) is 2.96. The molecule has 0 N–H and O–H groups in total. The van der Waals surface area contributed by atoms with Crippen molar-refractivity contribution in [3.8, 4) is 11.6 Å². The molecule has 0 atom stereocenters. The Balaban J connectivity index is 2.62. The van der Waals surface area contributed by atoms with E-state index in [1.54, 1.807) is 0 Å². The minimum absolute atomic E-state index is 0.777. The SMILES string of the molecule is C=CCn1cc[n+](C)c1-c1n(CC=C)cc[n+]1CC=C. The highest BCUT2D eigenvalue weighted by Crippen LogP contribution is 2.13. The first-order chi connectivity index (χ1) is 9.72. The number of aromatic nitrogens is 4. The molecule has 0 fully saturated rings. The van der Waals surface area contributed by atoms with E-state index in [2.05, 4.69) is 69.8 Å². The Hall–Kier alpha value is -2.36. The van der Waals surface area contributed by atoms with Gasteiger partial charge in [0, 0.05) is 0 Å². The van der Waals surface area contributed by atoms with Crippen LogP contribution >= 0.6 is 0 Å². The lowest BCUT2D eigenvalue weighted by Gasteiger charge is -2.02. The van der Waals surface area contributed by atoms with Crippen molar-refractivity contribution in [1.29, 1.82) is 0 Å². The molecule has 0 aliphatic carbocycles. The van der Waals surface area contributed by atoms with E-state index in [9.17, 15) is 0 Å². The minimum Gasteiger partial charge on any atom is -0.226 e. The van der Waals surface area contributed by atoms with Crippen LogP contribution in [0.5, 0.6) is 0 Å². The van der Waals surface area contributed by atoms with Crippen molar-refractivity contribution < 1.29 is 9.13 Å². The van der Waals surface area contributed by atoms with E-state index in [0.29, 0.717) is 0 Å². The van der Waals surface area contributed by atoms with E-state index >= 15 is 0 Å². The highest BCUT2D eigenvalue weighted by molar-refractivity contribution is 5.37. The topological polar surface area (TPSA) is 17.6 Å². The van der Waals surface area contributed by atoms with Crippen LogP contribution in [-0.4, -0.2) is 9.13 Å². The van der Waals surface area contributed by atoms with Gasteiger partial charge in [0.1, 0.15) is 44.4 Å². The molecular weight excluding hydrogens is 248 g/mol. The number of nitrogens with zero attached hydrogens (tertiary/aromatic N) is 4. The summed E-state index contributed by atoms with van der Waals surface area (Å²) in [6.45, 7) is 13.8. The van der Waals surface area contributed by atoms with Crippen molar-refractivity contribution in [3.05, 3.63) is 62.8 Å². The molecule has 20 heavy (non-hydrogen) atoms. The molecule has 0 aromatic carbocycles. The van der Waals surface area contributed by atoms with Gasteiger partial charge in [-0.2, -0.15) is 0 Å². The summed E-state index contributed by atoms with van der Waals surface area (Å²) in [5, 5.41) is 0. The average molecular weight is 270 g/mol. The first-order valence-electron chi connectivity index (χ1n) is 6.69. The molecule has 0 saturated heterocycles. The van der Waals surface area contributed by atoms with Gasteiger partial charge in [-0.05, 0) is 0 Å². The van der Waals surface area contributed by atoms with Crippen molar-refractivity contribution in [2.24, 2.45) is 7.05 Å². The van der Waals surface area contributed by atoms with Gasteiger partial charge in [-0.25, -0.2) is 18.3 Å². The lowest BCUT2D eigenvalue weighted by atomic mass is 10.4. The summed E-state index contributed by atoms with van der Waals surface area (Å²) >= 11 is 0. The molecule has 0 unspecified atom stereocenters. The zero-order valence-electron chi connectivity index (χ0n) is 12.1. The largest absolute Gasteiger partial charge is 0.373 e. The molecule has 104 valence electrons. The summed E-state index contributed by atoms with van der Waals surface area (Å²) in [5.41, 5.74) is 0. The van der Waals surface area contributed by atoms with Crippen molar-refractivity contribution in [3.63, 3.8) is 0 Å². The fraction of sp³-hybridized carbons (Fsp3) is 0.250. The molecule has 2 aromatic rings. The summed E-state index contributed by atoms with van der Waals surface area (Å²) in [5.74, 6) is 2.28. The Morgan fingerprint density at radius 3 is 2.15 bits per heavy atom. The molecule has 0 radical (unpaired) electrons. The molecule has 0 spiro atoms. The molecule has 0 aliphatic heterocycles. The predicted molar refractivity (Wildman–Crippen MR) is 79.8 cm³/mol. The van der Waals surface area contributed by atoms with E-state index < -0.39 is 0 Å². The van der Waals surface area contributed by atoms with Crippen molar-refractivity contribution >= 4 is 0 Å². The number of hydrogen-bond acceptors (Lipinski definition) is 0. The van der Waals surface area contributed by atoms with Gasteiger partial charge in [0.2, 0.25) is 0 Å². The Morgan fingerprint density at radius 1 is 0.950 bits per heavy atom. The van der Waals surface area contributed by atoms with E-state index in [1.165, 1.54) is 0 Å². The number of aryl methyl sites for hydroxylation is 1. The van der Waals surface area contributed by atoms with E-state index in [1.807, 2.05) is 18.2 Å². The molecule has 0 bridgehead atoms. The molecular formula is C16H22N4+2. The van der Waals surface area contributed by atoms with Gasteiger partial charge in [-0.1, -0.05) is 38.0 Å². The third kappa shape index (κ3) is 2.50. The van der Waals surface area contributed by atoms with Crippen LogP contribution in [0.15, 0.2) is 62.8 Å². The van der Waals surface area contributed by atoms with Crippen LogP contribution in [0.4, 0.5) is 0 Å². The molecule has 4 heteroatoms. The fourth-order valence-corrected chi connectivity index (χ4v) is 2.39. The summed E-state index contributed by atoms with van der Waals surface area (Å²) in [4.78, 5) is 0. The molecule has 2 heterocycles. The minimum atomic E-state index is 0.777. The summed E-state index contributed by atoms with van der Waals surface area (Å²) < 4.78 is 8.68. The zero-order chi connectivity index (χ0) is 14.5. The van der Waals surface area contributed by atoms with E-state index in [-0.39, 0.29) is 0 Å². The maximum Gasteiger partial charge on any atom is 0.373 e. The number of imidazole rings is 2. The maximum absolute atomic E-state index is 3.83. The van der Waals surface area contributed by atoms with Gasteiger partial charge in [0.05, 0.1) is 7.05 Å². The summed E-state index contributed by atoms with van der Waals surface area (Å²) in [7, 11) is 2.05. The fourth-order valence-electron chi connectivity index (χ4n) is 2.39. The van der Waals surface area contributed by atoms with E-state index in [4.69, 9.17) is 0 Å². The van der Waals surface area contributed by atoms with Gasteiger partial charge >= 0.3 is 11.6 Å². The van der Waals surface area contributed by atoms with Crippen LogP contribution in [0.3, 0.4) is 0 Å². The molecule has 0 aliphatic rings. The second-order valence-electron chi connectivity index (χ2n) is 4.68. The van der Waals surface area contributed by atoms with Crippen LogP contribution < -0.4 is 9.13 Å². The lowest BCUT2D eigenvalue weighted by molar-refractivity contribution is -0.698. The highest BCUT2D eigenvalue weighted by Gasteiger charge is 2.30. The molecule has 2 aromatic heterocycles. The zero-order valence-corrected chi connectivity index (χ0v) is 12.1. The molecule has 0 saturated carbocycles. The molecule has 0 amide bonds. The Morgan fingerprint density at radius 2 is 1.55 bits per heavy atom. The summed E-state index contributed by atoms with van der Waals surface area (Å²) in [6, 6.07) is 0. The van der Waals surface area contributed by atoms with Gasteiger partial charge in [-0.15, -0.1) is 0 Å². The normalized spacial score (nSPS) is 10.4. The third-order valence-corrected chi connectivity index (χ3v) is 3.22. The number of allylic oxidation sites excluding steroid dienone is 3. The van der Waals surface area contributed by atoms with Crippen molar-refractivity contribution in [1.82, 2.24) is 9.13 Å². The predicted octanol–water partition coefficient (Wildman–Crippen LogP) is 1.63. The van der Waals surface area contributed by atoms with Crippen LogP contribution in [0.2, 0.25) is 0 Å². The number of hydrogen-bond donors (Lipinski definition) is 0. The second kappa shape index (κ2) is 6.19. The Kier molecular flexibility index (Phi) is 4.35. The quantitative estimate of drug-likeness (QED) is 0.537. The van der Waals surface area contributed by atoms with Gasteiger partial charge in [-0.3, -0.25) is 0 Å². The van der Waals surface area contributed by atoms with Crippen LogP contribution in [-0.2, 0) is 26.7 Å². The van der Waals surface area contributed by atoms with Crippen LogP contribution in [0.1, 0.15) is 0 Å². The summed E-state index contributed by atoms with van der Waals surface area (Å²) in [6.07, 6.45) is 14.0. The monoisotopic (exact) mass is 270 g/mol. The van der Waals surface area contributed by atoms with Crippen LogP contribution in [0.25, 0.3) is 11.6 Å². The lowest BCUT2D eigenvalue weighted by Crippen LogP contribution is -2.40. The van der Waals surface area contributed by atoms with E-state index in [0.717, 1.165) is 31.3 Å². The van der Waals surface area contributed by atoms with Crippen molar-refractivity contribution in [2.75, 3.05) is 0 Å². The maximum atomic E-state index is 3.83.